The van der Waals surface area contributed by atoms with Crippen LogP contribution in [0, 0.1) is 11.3 Å². The summed E-state index contributed by atoms with van der Waals surface area (Å²) in [4.78, 5) is 12.0. The van der Waals surface area contributed by atoms with Gasteiger partial charge in [-0.25, -0.2) is 0 Å². The Morgan fingerprint density at radius 2 is 1.95 bits per heavy atom. The summed E-state index contributed by atoms with van der Waals surface area (Å²) < 4.78 is 40.8. The number of nitrogens with zero attached hydrogens (tertiary/aromatic N) is 2. The molecule has 0 heterocycles. The van der Waals surface area contributed by atoms with Crippen LogP contribution in [0.4, 0.5) is 13.2 Å². The van der Waals surface area contributed by atoms with Gasteiger partial charge in [0.1, 0.15) is 6.04 Å². The maximum Gasteiger partial charge on any atom is 0.408 e. The Hall–Kier alpha value is -1.59. The molecule has 0 radical (unpaired) electrons. The van der Waals surface area contributed by atoms with E-state index in [4.69, 9.17) is 11.0 Å². The van der Waals surface area contributed by atoms with Crippen molar-refractivity contribution >= 4 is 21.8 Å². The fraction of sp³-hybridized carbons (Fsp3) is 0.385. The molecule has 114 valence electrons. The molecule has 1 aromatic carbocycles. The van der Waals surface area contributed by atoms with Gasteiger partial charge in [0.2, 0.25) is 5.91 Å². The number of alkyl halides is 3. The minimum atomic E-state index is -4.64. The third kappa shape index (κ3) is 4.44. The highest BCUT2D eigenvalue weighted by Crippen LogP contribution is 2.38. The number of carbonyl (C=O) groups excluding carboxylic acids is 1. The molecule has 0 saturated heterocycles. The van der Waals surface area contributed by atoms with Crippen molar-refractivity contribution in [1.82, 2.24) is 4.90 Å². The highest BCUT2D eigenvalue weighted by molar-refractivity contribution is 9.10. The molecular weight excluding hydrogens is 351 g/mol. The summed E-state index contributed by atoms with van der Waals surface area (Å²) in [6.45, 7) is 0.682. The van der Waals surface area contributed by atoms with Crippen LogP contribution in [0.15, 0.2) is 28.7 Å². The molecule has 0 aliphatic carbocycles. The van der Waals surface area contributed by atoms with Crippen LogP contribution in [0.5, 0.6) is 0 Å². The number of hydrogen-bond donors (Lipinski definition) is 1. The van der Waals surface area contributed by atoms with Crippen LogP contribution in [0.25, 0.3) is 0 Å². The van der Waals surface area contributed by atoms with Crippen LogP contribution >= 0.6 is 15.9 Å². The zero-order chi connectivity index (χ0) is 16.2. The first-order valence-electron chi connectivity index (χ1n) is 5.92. The second-order valence-electron chi connectivity index (χ2n) is 4.40. The summed E-state index contributed by atoms with van der Waals surface area (Å²) in [6.07, 6.45) is -4.64. The normalized spacial score (nSPS) is 14.5. The first-order chi connectivity index (χ1) is 9.68. The molecule has 2 N–H and O–H groups in total. The minimum Gasteiger partial charge on any atom is -0.368 e. The van der Waals surface area contributed by atoms with Crippen molar-refractivity contribution in [2.45, 2.75) is 25.2 Å². The molecule has 0 fully saturated rings. The zero-order valence-electron chi connectivity index (χ0n) is 11.1. The van der Waals surface area contributed by atoms with Crippen molar-refractivity contribution in [1.29, 1.82) is 5.26 Å². The van der Waals surface area contributed by atoms with Crippen LogP contribution in [0.2, 0.25) is 0 Å². The molecular formula is C13H13BrF3N3O. The highest BCUT2D eigenvalue weighted by Gasteiger charge is 2.46. The van der Waals surface area contributed by atoms with Crippen molar-refractivity contribution in [3.05, 3.63) is 34.3 Å². The van der Waals surface area contributed by atoms with E-state index < -0.39 is 30.7 Å². The maximum absolute atomic E-state index is 13.4. The number of amides is 1. The molecule has 0 saturated carbocycles. The molecule has 21 heavy (non-hydrogen) atoms. The van der Waals surface area contributed by atoms with E-state index in [2.05, 4.69) is 15.9 Å². The van der Waals surface area contributed by atoms with Gasteiger partial charge in [-0.05, 0) is 24.6 Å². The topological polar surface area (TPSA) is 70.1 Å². The standard InChI is InChI=1S/C13H13BrF3N3O/c1-8(12(19)21)20(7-6-18)11(13(15,16)17)9-2-4-10(14)5-3-9/h2-5,8,11H,7H2,1H3,(H2,19,21)/t8-,11-/m0/s1. The second-order valence-corrected chi connectivity index (χ2v) is 5.32. The summed E-state index contributed by atoms with van der Waals surface area (Å²) >= 11 is 3.14. The van der Waals surface area contributed by atoms with Crippen molar-refractivity contribution in [3.63, 3.8) is 0 Å². The highest BCUT2D eigenvalue weighted by atomic mass is 79.9. The van der Waals surface area contributed by atoms with Crippen LogP contribution in [-0.2, 0) is 4.79 Å². The van der Waals surface area contributed by atoms with Gasteiger partial charge in [0.05, 0.1) is 18.7 Å². The molecule has 8 heteroatoms. The number of benzene rings is 1. The van der Waals surface area contributed by atoms with Crippen LogP contribution in [0.3, 0.4) is 0 Å². The van der Waals surface area contributed by atoms with Gasteiger partial charge in [-0.15, -0.1) is 0 Å². The first kappa shape index (κ1) is 17.5. The molecule has 0 bridgehead atoms. The van der Waals surface area contributed by atoms with Crippen molar-refractivity contribution in [3.8, 4) is 6.07 Å². The Kier molecular flexibility index (Phi) is 5.75. The van der Waals surface area contributed by atoms with Gasteiger partial charge < -0.3 is 5.73 Å². The Balaban J connectivity index is 3.31. The van der Waals surface area contributed by atoms with Crippen LogP contribution in [0.1, 0.15) is 18.5 Å². The molecule has 4 nitrogen and oxygen atoms in total. The number of rotatable bonds is 5. The molecule has 0 aliphatic heterocycles. The molecule has 0 unspecified atom stereocenters. The van der Waals surface area contributed by atoms with E-state index in [9.17, 15) is 18.0 Å². The first-order valence-corrected chi connectivity index (χ1v) is 6.72. The lowest BCUT2D eigenvalue weighted by atomic mass is 10.0. The monoisotopic (exact) mass is 363 g/mol. The van der Waals surface area contributed by atoms with Gasteiger partial charge in [-0.2, -0.15) is 18.4 Å². The smallest absolute Gasteiger partial charge is 0.368 e. The Labute approximate surface area is 128 Å². The van der Waals surface area contributed by atoms with E-state index >= 15 is 0 Å². The summed E-state index contributed by atoms with van der Waals surface area (Å²) in [5.41, 5.74) is 5.02. The predicted molar refractivity (Wildman–Crippen MR) is 73.9 cm³/mol. The molecule has 2 atom stereocenters. The zero-order valence-corrected chi connectivity index (χ0v) is 12.6. The fourth-order valence-electron chi connectivity index (χ4n) is 1.91. The number of halogens is 4. The van der Waals surface area contributed by atoms with Gasteiger partial charge in [-0.3, -0.25) is 9.69 Å². The molecule has 1 rings (SSSR count). The third-order valence-corrected chi connectivity index (χ3v) is 3.52. The van der Waals surface area contributed by atoms with E-state index in [1.807, 2.05) is 0 Å². The largest absolute Gasteiger partial charge is 0.408 e. The minimum absolute atomic E-state index is 0.0611. The van der Waals surface area contributed by atoms with Gasteiger partial charge >= 0.3 is 6.18 Å². The van der Waals surface area contributed by atoms with E-state index in [1.165, 1.54) is 31.2 Å². The lowest BCUT2D eigenvalue weighted by molar-refractivity contribution is -0.190. The summed E-state index contributed by atoms with van der Waals surface area (Å²) in [5.74, 6) is -0.920. The average molecular weight is 364 g/mol. The van der Waals surface area contributed by atoms with Crippen molar-refractivity contribution in [2.75, 3.05) is 6.54 Å². The molecule has 1 amide bonds. The number of nitrogens with two attached hydrogens (primary N) is 1. The van der Waals surface area contributed by atoms with Crippen molar-refractivity contribution < 1.29 is 18.0 Å². The fourth-order valence-corrected chi connectivity index (χ4v) is 2.17. The van der Waals surface area contributed by atoms with Gasteiger partial charge in [0.25, 0.3) is 0 Å². The van der Waals surface area contributed by atoms with Gasteiger partial charge in [0, 0.05) is 4.47 Å². The molecule has 0 aromatic heterocycles. The quantitative estimate of drug-likeness (QED) is 0.817. The number of hydrogen-bond acceptors (Lipinski definition) is 3. The van der Waals surface area contributed by atoms with Gasteiger partial charge in [0.15, 0.2) is 0 Å². The van der Waals surface area contributed by atoms with Crippen LogP contribution in [-0.4, -0.2) is 29.6 Å². The lowest BCUT2D eigenvalue weighted by Gasteiger charge is -2.34. The Morgan fingerprint density at radius 3 is 2.33 bits per heavy atom. The molecule has 0 aliphatic rings. The van der Waals surface area contributed by atoms with Crippen molar-refractivity contribution in [2.24, 2.45) is 5.73 Å². The third-order valence-electron chi connectivity index (χ3n) is 2.99. The van der Waals surface area contributed by atoms with E-state index in [-0.39, 0.29) is 5.56 Å². The van der Waals surface area contributed by atoms with E-state index in [0.717, 1.165) is 4.90 Å². The summed E-state index contributed by atoms with van der Waals surface area (Å²) in [6, 6.07) is 3.86. The van der Waals surface area contributed by atoms with E-state index in [0.29, 0.717) is 4.47 Å². The Morgan fingerprint density at radius 1 is 1.43 bits per heavy atom. The summed E-state index contributed by atoms with van der Waals surface area (Å²) in [7, 11) is 0. The average Bonchev–Trinajstić information content (AvgIpc) is 2.38. The summed E-state index contributed by atoms with van der Waals surface area (Å²) in [5, 5.41) is 8.75. The number of primary amides is 1. The number of nitriles is 1. The maximum atomic E-state index is 13.4. The molecule has 0 spiro atoms. The SMILES string of the molecule is C[C@@H](C(N)=O)N(CC#N)[C@@H](c1ccc(Br)cc1)C(F)(F)F. The van der Waals surface area contributed by atoms with Crippen LogP contribution < -0.4 is 5.73 Å². The van der Waals surface area contributed by atoms with Gasteiger partial charge in [-0.1, -0.05) is 28.1 Å². The molecule has 1 aromatic rings. The Bertz CT molecular complexity index is 539. The predicted octanol–water partition coefficient (Wildman–Crippen LogP) is 2.75. The van der Waals surface area contributed by atoms with E-state index in [1.54, 1.807) is 6.07 Å². The lowest BCUT2D eigenvalue weighted by Crippen LogP contribution is -2.49. The second kappa shape index (κ2) is 6.91. The number of carbonyl (C=O) groups is 1.